The molecule has 3 rings (SSSR count). The maximum absolute atomic E-state index is 12.1. The third-order valence-corrected chi connectivity index (χ3v) is 5.40. The lowest BCUT2D eigenvalue weighted by Gasteiger charge is -2.20. The minimum atomic E-state index is -4.77. The average molecular weight is 399 g/mol. The van der Waals surface area contributed by atoms with Crippen molar-refractivity contribution in [3.63, 3.8) is 0 Å². The number of rotatable bonds is 4. The average Bonchev–Trinajstić information content (AvgIpc) is 2.97. The highest BCUT2D eigenvalue weighted by Crippen LogP contribution is 2.46. The maximum atomic E-state index is 12.1. The lowest BCUT2D eigenvalue weighted by molar-refractivity contribution is -0.274. The number of thioether (sulfide) groups is 1. The number of allylic oxidation sites excluding steroid dienone is 3. The largest absolute Gasteiger partial charge is 0.573 e. The van der Waals surface area contributed by atoms with Gasteiger partial charge in [-0.25, -0.2) is 4.79 Å². The van der Waals surface area contributed by atoms with Gasteiger partial charge in [-0.3, -0.25) is 4.79 Å². The third kappa shape index (κ3) is 4.97. The van der Waals surface area contributed by atoms with Gasteiger partial charge in [0.05, 0.1) is 11.3 Å². The van der Waals surface area contributed by atoms with Gasteiger partial charge in [-0.05, 0) is 35.6 Å². The molecule has 1 fully saturated rings. The second kappa shape index (κ2) is 7.55. The zero-order valence-electron chi connectivity index (χ0n) is 13.8. The molecule has 1 aromatic rings. The third-order valence-electron chi connectivity index (χ3n) is 4.09. The van der Waals surface area contributed by atoms with Crippen LogP contribution in [0.2, 0.25) is 0 Å². The Balaban J connectivity index is 1.54. The van der Waals surface area contributed by atoms with Crippen LogP contribution in [-0.2, 0) is 4.79 Å². The summed E-state index contributed by atoms with van der Waals surface area (Å²) in [5, 5.41) is 5.08. The first-order valence-electron chi connectivity index (χ1n) is 7.99. The quantitative estimate of drug-likeness (QED) is 0.724. The van der Waals surface area contributed by atoms with E-state index < -0.39 is 24.2 Å². The topological polar surface area (TPSA) is 93.5 Å². The van der Waals surface area contributed by atoms with Crippen molar-refractivity contribution in [2.75, 3.05) is 5.32 Å². The van der Waals surface area contributed by atoms with Crippen LogP contribution in [0.25, 0.3) is 0 Å². The number of halogens is 3. The van der Waals surface area contributed by atoms with Crippen LogP contribution < -0.4 is 21.1 Å². The molecule has 0 saturated carbocycles. The number of fused-ring (bicyclic) bond motifs is 1. The molecule has 1 heterocycles. The van der Waals surface area contributed by atoms with Crippen molar-refractivity contribution in [1.82, 2.24) is 5.32 Å². The maximum Gasteiger partial charge on any atom is 0.573 e. The van der Waals surface area contributed by atoms with Gasteiger partial charge in [0.1, 0.15) is 5.75 Å². The molecule has 6 nitrogen and oxygen atoms in total. The number of hydrogen-bond donors (Lipinski definition) is 3. The minimum absolute atomic E-state index is 0.0541. The van der Waals surface area contributed by atoms with Gasteiger partial charge in [0, 0.05) is 11.6 Å². The molecule has 0 spiro atoms. The van der Waals surface area contributed by atoms with Gasteiger partial charge in [-0.1, -0.05) is 18.2 Å². The highest BCUT2D eigenvalue weighted by Gasteiger charge is 2.38. The molecule has 10 heteroatoms. The first kappa shape index (κ1) is 19.2. The second-order valence-electron chi connectivity index (χ2n) is 6.00. The number of amides is 3. The van der Waals surface area contributed by atoms with Crippen LogP contribution in [0.4, 0.5) is 23.7 Å². The van der Waals surface area contributed by atoms with E-state index in [4.69, 9.17) is 5.73 Å². The number of anilines is 1. The van der Waals surface area contributed by atoms with E-state index in [1.165, 1.54) is 23.9 Å². The number of hydrogen-bond acceptors (Lipinski definition) is 4. The van der Waals surface area contributed by atoms with Crippen LogP contribution in [0.3, 0.4) is 0 Å². The van der Waals surface area contributed by atoms with Crippen molar-refractivity contribution >= 4 is 29.4 Å². The summed E-state index contributed by atoms with van der Waals surface area (Å²) in [7, 11) is 0. The van der Waals surface area contributed by atoms with Crippen LogP contribution in [0, 0.1) is 11.8 Å². The van der Waals surface area contributed by atoms with Crippen LogP contribution >= 0.6 is 11.8 Å². The Morgan fingerprint density at radius 1 is 1.22 bits per heavy atom. The van der Waals surface area contributed by atoms with Gasteiger partial charge < -0.3 is 21.1 Å². The van der Waals surface area contributed by atoms with E-state index in [1.54, 1.807) is 12.2 Å². The van der Waals surface area contributed by atoms with E-state index in [1.807, 2.05) is 6.08 Å². The molecule has 0 radical (unpaired) electrons. The molecule has 0 bridgehead atoms. The Morgan fingerprint density at radius 3 is 2.56 bits per heavy atom. The molecule has 1 aliphatic carbocycles. The summed E-state index contributed by atoms with van der Waals surface area (Å²) in [6.07, 6.45) is 1.22. The fourth-order valence-electron chi connectivity index (χ4n) is 2.97. The van der Waals surface area contributed by atoms with Crippen molar-refractivity contribution in [2.45, 2.75) is 18.2 Å². The Morgan fingerprint density at radius 2 is 1.93 bits per heavy atom. The molecule has 3 amide bonds. The monoisotopic (exact) mass is 399 g/mol. The summed E-state index contributed by atoms with van der Waals surface area (Å²) in [6, 6.07) is 4.32. The zero-order valence-corrected chi connectivity index (χ0v) is 14.6. The number of benzene rings is 1. The molecule has 1 saturated heterocycles. The number of carbonyl (C=O) groups is 2. The van der Waals surface area contributed by atoms with Crippen LogP contribution in [-0.4, -0.2) is 23.7 Å². The van der Waals surface area contributed by atoms with Gasteiger partial charge in [0.15, 0.2) is 0 Å². The van der Waals surface area contributed by atoms with E-state index >= 15 is 0 Å². The lowest BCUT2D eigenvalue weighted by atomic mass is 9.85. The smallest absolute Gasteiger partial charge is 0.406 e. The predicted octanol–water partition coefficient (Wildman–Crippen LogP) is 3.34. The van der Waals surface area contributed by atoms with Gasteiger partial charge in [-0.2, -0.15) is 0 Å². The Labute approximate surface area is 157 Å². The molecule has 4 N–H and O–H groups in total. The fourth-order valence-corrected chi connectivity index (χ4v) is 4.34. The summed E-state index contributed by atoms with van der Waals surface area (Å²) in [6.45, 7) is 0. The van der Waals surface area contributed by atoms with Crippen LogP contribution in [0.5, 0.6) is 5.75 Å². The van der Waals surface area contributed by atoms with E-state index in [9.17, 15) is 22.8 Å². The summed E-state index contributed by atoms with van der Waals surface area (Å²) in [4.78, 5) is 24.7. The molecule has 3 unspecified atom stereocenters. The van der Waals surface area contributed by atoms with Crippen LogP contribution in [0.15, 0.2) is 47.4 Å². The summed E-state index contributed by atoms with van der Waals surface area (Å²) < 4.78 is 40.2. The Hall–Kier alpha value is -2.62. The number of ether oxygens (including phenoxy) is 1. The number of carbonyl (C=O) groups excluding carboxylic acids is 2. The van der Waals surface area contributed by atoms with Crippen molar-refractivity contribution in [2.24, 2.45) is 17.6 Å². The molecule has 144 valence electrons. The molecule has 2 aliphatic rings. The van der Waals surface area contributed by atoms with Gasteiger partial charge in [-0.15, -0.1) is 24.9 Å². The predicted molar refractivity (Wildman–Crippen MR) is 94.7 cm³/mol. The molecule has 0 aromatic heterocycles. The van der Waals surface area contributed by atoms with Gasteiger partial charge in [0.25, 0.3) is 0 Å². The Kier molecular flexibility index (Phi) is 5.36. The minimum Gasteiger partial charge on any atom is -0.406 e. The van der Waals surface area contributed by atoms with Gasteiger partial charge >= 0.3 is 12.4 Å². The molecule has 1 aromatic carbocycles. The van der Waals surface area contributed by atoms with Crippen molar-refractivity contribution < 1.29 is 27.5 Å². The highest BCUT2D eigenvalue weighted by molar-refractivity contribution is 8.04. The Bertz CT molecular complexity index is 793. The SMILES string of the molecule is NC(=O)C1C=CC=C2SC(NC(=O)Nc3ccc(OC(F)(F)F)cc3)CC21. The van der Waals surface area contributed by atoms with E-state index in [0.29, 0.717) is 12.1 Å². The van der Waals surface area contributed by atoms with E-state index in [-0.39, 0.29) is 17.0 Å². The number of alkyl halides is 3. The van der Waals surface area contributed by atoms with Gasteiger partial charge in [0.2, 0.25) is 5.91 Å². The number of nitrogens with one attached hydrogen (secondary N) is 2. The normalized spacial score (nSPS) is 24.0. The van der Waals surface area contributed by atoms with Crippen molar-refractivity contribution in [3.05, 3.63) is 47.4 Å². The van der Waals surface area contributed by atoms with E-state index in [0.717, 1.165) is 17.0 Å². The standard InChI is InChI=1S/C17H16F3N3O3S/c18-17(19,20)26-10-6-4-9(5-7-10)22-16(25)23-14-8-12-11(15(21)24)2-1-3-13(12)27-14/h1-7,11-12,14H,8H2,(H2,21,24)(H2,22,23,25). The molecule has 3 atom stereocenters. The number of nitrogens with two attached hydrogens (primary N) is 1. The zero-order chi connectivity index (χ0) is 19.6. The molecule has 1 aliphatic heterocycles. The number of primary amides is 1. The van der Waals surface area contributed by atoms with Crippen molar-refractivity contribution in [1.29, 1.82) is 0 Å². The first-order valence-corrected chi connectivity index (χ1v) is 8.87. The number of urea groups is 1. The van der Waals surface area contributed by atoms with Crippen molar-refractivity contribution in [3.8, 4) is 5.75 Å². The lowest BCUT2D eigenvalue weighted by Crippen LogP contribution is -2.36. The molecular weight excluding hydrogens is 383 g/mol. The fraction of sp³-hybridized carbons (Fsp3) is 0.294. The molecular formula is C17H16F3N3O3S. The second-order valence-corrected chi connectivity index (χ2v) is 7.28. The summed E-state index contributed by atoms with van der Waals surface area (Å²) in [5.74, 6) is -1.23. The highest BCUT2D eigenvalue weighted by atomic mass is 32.2. The first-order chi connectivity index (χ1) is 12.7. The summed E-state index contributed by atoms with van der Waals surface area (Å²) in [5.41, 5.74) is 5.73. The molecule has 27 heavy (non-hydrogen) atoms. The van der Waals surface area contributed by atoms with E-state index in [2.05, 4.69) is 15.4 Å². The van der Waals surface area contributed by atoms with Crippen LogP contribution in [0.1, 0.15) is 6.42 Å². The summed E-state index contributed by atoms with van der Waals surface area (Å²) >= 11 is 1.45.